The summed E-state index contributed by atoms with van der Waals surface area (Å²) in [7, 11) is 1.66. The van der Waals surface area contributed by atoms with E-state index in [4.69, 9.17) is 4.74 Å². The Bertz CT molecular complexity index is 1040. The molecule has 0 aliphatic carbocycles. The molecule has 2 aliphatic heterocycles. The molecule has 0 saturated carbocycles. The van der Waals surface area contributed by atoms with Crippen molar-refractivity contribution in [2.75, 3.05) is 31.6 Å². The normalized spacial score (nSPS) is 18.5. The molecule has 1 N–H and O–H groups in total. The maximum atomic E-state index is 13.6. The van der Waals surface area contributed by atoms with Crippen molar-refractivity contribution in [3.8, 4) is 5.75 Å². The summed E-state index contributed by atoms with van der Waals surface area (Å²) in [6, 6.07) is 15.8. The van der Waals surface area contributed by atoms with Gasteiger partial charge in [0.25, 0.3) is 5.91 Å². The SMILES string of the molecule is COc1ccc(C2c3nc[nH]c3CCN2C(=O)c2ccc(N3CCCCC3)cc2)cc1. The van der Waals surface area contributed by atoms with Crippen LogP contribution >= 0.6 is 0 Å². The molecule has 0 radical (unpaired) electrons. The second-order valence-electron chi connectivity index (χ2n) is 8.29. The van der Waals surface area contributed by atoms with Gasteiger partial charge < -0.3 is 19.5 Å². The van der Waals surface area contributed by atoms with Gasteiger partial charge in [0.15, 0.2) is 0 Å². The van der Waals surface area contributed by atoms with Crippen molar-refractivity contribution in [3.63, 3.8) is 0 Å². The number of piperidine rings is 1. The standard InChI is InChI=1S/C25H28N4O2/c1-31-21-11-7-18(8-12-21)24-23-22(26-17-27-23)13-16-29(24)25(30)19-5-9-20(10-6-19)28-14-3-2-4-15-28/h5-12,17,24H,2-4,13-16H2,1H3,(H,26,27). The number of aromatic amines is 1. The highest BCUT2D eigenvalue weighted by atomic mass is 16.5. The van der Waals surface area contributed by atoms with Crippen LogP contribution in [0.3, 0.4) is 0 Å². The molecule has 2 aromatic carbocycles. The van der Waals surface area contributed by atoms with Gasteiger partial charge in [0.2, 0.25) is 0 Å². The van der Waals surface area contributed by atoms with Crippen LogP contribution in [0.2, 0.25) is 0 Å². The van der Waals surface area contributed by atoms with Crippen LogP contribution in [0.1, 0.15) is 52.6 Å². The largest absolute Gasteiger partial charge is 0.497 e. The zero-order chi connectivity index (χ0) is 21.2. The van der Waals surface area contributed by atoms with E-state index in [1.165, 1.54) is 24.9 Å². The molecule has 6 heteroatoms. The van der Waals surface area contributed by atoms with E-state index in [2.05, 4.69) is 27.0 Å². The Hall–Kier alpha value is -3.28. The number of rotatable bonds is 4. The number of carbonyl (C=O) groups excluding carboxylic acids is 1. The number of H-pyrrole nitrogens is 1. The Balaban J connectivity index is 1.43. The number of amides is 1. The number of imidazole rings is 1. The molecule has 31 heavy (non-hydrogen) atoms. The highest BCUT2D eigenvalue weighted by Gasteiger charge is 2.34. The molecule has 6 nitrogen and oxygen atoms in total. The molecule has 1 atom stereocenters. The van der Waals surface area contributed by atoms with E-state index in [-0.39, 0.29) is 11.9 Å². The van der Waals surface area contributed by atoms with Gasteiger partial charge in [0.05, 0.1) is 19.1 Å². The number of carbonyl (C=O) groups is 1. The monoisotopic (exact) mass is 416 g/mol. The van der Waals surface area contributed by atoms with E-state index >= 15 is 0 Å². The molecule has 3 aromatic rings. The fourth-order valence-electron chi connectivity index (χ4n) is 4.75. The van der Waals surface area contributed by atoms with E-state index in [9.17, 15) is 4.79 Å². The Morgan fingerprint density at radius 3 is 2.45 bits per heavy atom. The van der Waals surface area contributed by atoms with Crippen LogP contribution in [0.25, 0.3) is 0 Å². The minimum Gasteiger partial charge on any atom is -0.497 e. The van der Waals surface area contributed by atoms with Gasteiger partial charge in [-0.25, -0.2) is 4.98 Å². The van der Waals surface area contributed by atoms with Crippen LogP contribution in [-0.2, 0) is 6.42 Å². The number of benzene rings is 2. The lowest BCUT2D eigenvalue weighted by atomic mass is 9.94. The number of nitrogens with one attached hydrogen (secondary N) is 1. The summed E-state index contributed by atoms with van der Waals surface area (Å²) >= 11 is 0. The number of nitrogens with zero attached hydrogens (tertiary/aromatic N) is 3. The molecule has 1 aromatic heterocycles. The van der Waals surface area contributed by atoms with Gasteiger partial charge in [-0.15, -0.1) is 0 Å². The number of methoxy groups -OCH3 is 1. The molecule has 1 saturated heterocycles. The lowest BCUT2D eigenvalue weighted by molar-refractivity contribution is 0.0690. The van der Waals surface area contributed by atoms with Crippen molar-refractivity contribution in [1.82, 2.24) is 14.9 Å². The van der Waals surface area contributed by atoms with Crippen LogP contribution < -0.4 is 9.64 Å². The zero-order valence-electron chi connectivity index (χ0n) is 17.9. The highest BCUT2D eigenvalue weighted by Crippen LogP contribution is 2.35. The molecule has 2 aliphatic rings. The predicted octanol–water partition coefficient (Wildman–Crippen LogP) is 4.20. The molecule has 0 bridgehead atoms. The molecular weight excluding hydrogens is 388 g/mol. The van der Waals surface area contributed by atoms with Crippen molar-refractivity contribution < 1.29 is 9.53 Å². The molecule has 1 fully saturated rings. The molecule has 0 spiro atoms. The third-order valence-corrected chi connectivity index (χ3v) is 6.45. The van der Waals surface area contributed by atoms with Gasteiger partial charge in [0, 0.05) is 43.0 Å². The summed E-state index contributed by atoms with van der Waals surface area (Å²) in [6.45, 7) is 2.85. The highest BCUT2D eigenvalue weighted by molar-refractivity contribution is 5.95. The maximum Gasteiger partial charge on any atom is 0.254 e. The Morgan fingerprint density at radius 1 is 1.00 bits per heavy atom. The van der Waals surface area contributed by atoms with Gasteiger partial charge in [-0.3, -0.25) is 4.79 Å². The van der Waals surface area contributed by atoms with E-state index in [0.29, 0.717) is 6.54 Å². The average molecular weight is 417 g/mol. The quantitative estimate of drug-likeness (QED) is 0.693. The lowest BCUT2D eigenvalue weighted by Gasteiger charge is -2.35. The number of hydrogen-bond donors (Lipinski definition) is 1. The fraction of sp³-hybridized carbons (Fsp3) is 0.360. The summed E-state index contributed by atoms with van der Waals surface area (Å²) in [5.41, 5.74) is 4.99. The Morgan fingerprint density at radius 2 is 1.74 bits per heavy atom. The predicted molar refractivity (Wildman–Crippen MR) is 121 cm³/mol. The topological polar surface area (TPSA) is 61.5 Å². The van der Waals surface area contributed by atoms with Crippen LogP contribution in [0.4, 0.5) is 5.69 Å². The molecule has 5 rings (SSSR count). The number of ether oxygens (including phenoxy) is 1. The van der Waals surface area contributed by atoms with Crippen molar-refractivity contribution in [2.24, 2.45) is 0 Å². The van der Waals surface area contributed by atoms with Crippen LogP contribution in [0.15, 0.2) is 54.9 Å². The third-order valence-electron chi connectivity index (χ3n) is 6.45. The molecule has 1 unspecified atom stereocenters. The van der Waals surface area contributed by atoms with E-state index in [1.54, 1.807) is 13.4 Å². The lowest BCUT2D eigenvalue weighted by Crippen LogP contribution is -2.40. The van der Waals surface area contributed by atoms with Gasteiger partial charge in [-0.05, 0) is 61.2 Å². The molecule has 1 amide bonds. The zero-order valence-corrected chi connectivity index (χ0v) is 17.9. The molecule has 3 heterocycles. The second-order valence-corrected chi connectivity index (χ2v) is 8.29. The maximum absolute atomic E-state index is 13.6. The number of anilines is 1. The van der Waals surface area contributed by atoms with Crippen LogP contribution in [0.5, 0.6) is 5.75 Å². The fourth-order valence-corrected chi connectivity index (χ4v) is 4.75. The van der Waals surface area contributed by atoms with Gasteiger partial charge in [-0.2, -0.15) is 0 Å². The Labute approximate surface area is 182 Å². The van der Waals surface area contributed by atoms with Crippen LogP contribution in [0, 0.1) is 0 Å². The van der Waals surface area contributed by atoms with Crippen molar-refractivity contribution >= 4 is 11.6 Å². The van der Waals surface area contributed by atoms with Gasteiger partial charge >= 0.3 is 0 Å². The smallest absolute Gasteiger partial charge is 0.254 e. The first kappa shape index (κ1) is 19.7. The van der Waals surface area contributed by atoms with E-state index in [0.717, 1.165) is 47.8 Å². The van der Waals surface area contributed by atoms with E-state index < -0.39 is 0 Å². The first-order valence-corrected chi connectivity index (χ1v) is 11.1. The minimum atomic E-state index is -0.213. The van der Waals surface area contributed by atoms with Crippen LogP contribution in [-0.4, -0.2) is 47.5 Å². The second kappa shape index (κ2) is 8.46. The van der Waals surface area contributed by atoms with Gasteiger partial charge in [0.1, 0.15) is 11.8 Å². The first-order valence-electron chi connectivity index (χ1n) is 11.1. The van der Waals surface area contributed by atoms with Crippen molar-refractivity contribution in [3.05, 3.63) is 77.4 Å². The summed E-state index contributed by atoms with van der Waals surface area (Å²) < 4.78 is 5.31. The molecule has 160 valence electrons. The van der Waals surface area contributed by atoms with Crippen molar-refractivity contribution in [1.29, 1.82) is 0 Å². The van der Waals surface area contributed by atoms with Crippen molar-refractivity contribution in [2.45, 2.75) is 31.7 Å². The Kier molecular flexibility index (Phi) is 5.37. The summed E-state index contributed by atoms with van der Waals surface area (Å²) in [4.78, 5) is 25.7. The number of aromatic nitrogens is 2. The summed E-state index contributed by atoms with van der Waals surface area (Å²) in [6.07, 6.45) is 6.29. The minimum absolute atomic E-state index is 0.0414. The molecular formula is C25H28N4O2. The average Bonchev–Trinajstić information content (AvgIpc) is 3.33. The third kappa shape index (κ3) is 3.78. The number of hydrogen-bond acceptors (Lipinski definition) is 4. The van der Waals surface area contributed by atoms with E-state index in [1.807, 2.05) is 41.3 Å². The first-order chi connectivity index (χ1) is 15.2. The summed E-state index contributed by atoms with van der Waals surface area (Å²) in [5, 5.41) is 0. The summed E-state index contributed by atoms with van der Waals surface area (Å²) in [5.74, 6) is 0.840. The number of fused-ring (bicyclic) bond motifs is 1. The van der Waals surface area contributed by atoms with Gasteiger partial charge in [-0.1, -0.05) is 12.1 Å².